The van der Waals surface area contributed by atoms with Gasteiger partial charge >= 0.3 is 0 Å². The molecule has 5 heteroatoms. The summed E-state index contributed by atoms with van der Waals surface area (Å²) in [6, 6.07) is 6.96. The second-order valence-electron chi connectivity index (χ2n) is 5.13. The van der Waals surface area contributed by atoms with Crippen LogP contribution in [-0.2, 0) is 0 Å². The van der Waals surface area contributed by atoms with Crippen LogP contribution in [0.3, 0.4) is 0 Å². The van der Waals surface area contributed by atoms with Crippen molar-refractivity contribution in [3.05, 3.63) is 35.0 Å². The molecule has 1 aliphatic heterocycles. The summed E-state index contributed by atoms with van der Waals surface area (Å²) in [5, 5.41) is 7.26. The second-order valence-corrected chi connectivity index (χ2v) is 6.21. The van der Waals surface area contributed by atoms with Gasteiger partial charge in [0.15, 0.2) is 0 Å². The number of halogens is 1. The van der Waals surface area contributed by atoms with Gasteiger partial charge in [-0.25, -0.2) is 4.39 Å². The van der Waals surface area contributed by atoms with Gasteiger partial charge in [-0.2, -0.15) is 0 Å². The van der Waals surface area contributed by atoms with Gasteiger partial charge in [-0.05, 0) is 49.4 Å². The molecule has 0 bridgehead atoms. The monoisotopic (exact) mass is 292 g/mol. The number of carbonyl (C=O) groups is 1. The third-order valence-corrected chi connectivity index (χ3v) is 4.74. The molecule has 3 nitrogen and oxygen atoms in total. The minimum absolute atomic E-state index is 0.0652. The van der Waals surface area contributed by atoms with Crippen LogP contribution in [0.15, 0.2) is 24.3 Å². The molecule has 1 atom stereocenters. The molecule has 0 radical (unpaired) electrons. The molecule has 106 valence electrons. The van der Waals surface area contributed by atoms with Crippen LogP contribution >= 0.6 is 11.3 Å². The molecule has 0 unspecified atom stereocenters. The van der Waals surface area contributed by atoms with Crippen LogP contribution in [0.1, 0.15) is 28.9 Å². The van der Waals surface area contributed by atoms with Crippen molar-refractivity contribution in [2.75, 3.05) is 13.1 Å². The van der Waals surface area contributed by atoms with Gasteiger partial charge in [0.1, 0.15) is 5.82 Å². The predicted molar refractivity (Wildman–Crippen MR) is 79.8 cm³/mol. The number of nitrogens with one attached hydrogen (secondary N) is 2. The highest BCUT2D eigenvalue weighted by Crippen LogP contribution is 2.26. The first-order valence-corrected chi connectivity index (χ1v) is 7.75. The predicted octanol–water partition coefficient (Wildman–Crippen LogP) is 2.91. The maximum absolute atomic E-state index is 13.1. The van der Waals surface area contributed by atoms with Crippen LogP contribution < -0.4 is 10.6 Å². The standard InChI is InChI=1S/C15H17FN2OS/c16-11-4-3-10-8-14(20-13(10)9-11)15(19)18-7-5-12-2-1-6-17-12/h3-4,8-9,12,17H,1-2,5-7H2,(H,18,19)/t12-/m1/s1. The van der Waals surface area contributed by atoms with Gasteiger partial charge < -0.3 is 10.6 Å². The summed E-state index contributed by atoms with van der Waals surface area (Å²) in [5.41, 5.74) is 0. The van der Waals surface area contributed by atoms with E-state index in [-0.39, 0.29) is 11.7 Å². The zero-order valence-corrected chi connectivity index (χ0v) is 11.9. The topological polar surface area (TPSA) is 41.1 Å². The van der Waals surface area contributed by atoms with Crippen molar-refractivity contribution in [2.45, 2.75) is 25.3 Å². The molecule has 0 saturated carbocycles. The van der Waals surface area contributed by atoms with Gasteiger partial charge in [0, 0.05) is 17.3 Å². The third-order valence-electron chi connectivity index (χ3n) is 3.65. The largest absolute Gasteiger partial charge is 0.351 e. The fourth-order valence-corrected chi connectivity index (χ4v) is 3.57. The number of hydrogen-bond acceptors (Lipinski definition) is 3. The highest BCUT2D eigenvalue weighted by Gasteiger charge is 2.15. The molecule has 1 saturated heterocycles. The van der Waals surface area contributed by atoms with E-state index < -0.39 is 0 Å². The molecule has 2 aromatic rings. The van der Waals surface area contributed by atoms with Gasteiger partial charge in [-0.1, -0.05) is 6.07 Å². The van der Waals surface area contributed by atoms with Crippen molar-refractivity contribution in [3.8, 4) is 0 Å². The van der Waals surface area contributed by atoms with E-state index >= 15 is 0 Å². The Labute approximate surface area is 121 Å². The van der Waals surface area contributed by atoms with Crippen LogP contribution in [-0.4, -0.2) is 25.0 Å². The Morgan fingerprint density at radius 1 is 1.45 bits per heavy atom. The molecular weight excluding hydrogens is 275 g/mol. The van der Waals surface area contributed by atoms with Crippen molar-refractivity contribution in [1.29, 1.82) is 0 Å². The maximum atomic E-state index is 13.1. The Morgan fingerprint density at radius 3 is 3.15 bits per heavy atom. The van der Waals surface area contributed by atoms with E-state index in [0.29, 0.717) is 17.5 Å². The molecule has 1 aromatic heterocycles. The molecule has 1 fully saturated rings. The van der Waals surface area contributed by atoms with E-state index in [9.17, 15) is 9.18 Å². The normalized spacial score (nSPS) is 18.6. The van der Waals surface area contributed by atoms with E-state index in [1.165, 1.54) is 36.3 Å². The lowest BCUT2D eigenvalue weighted by Gasteiger charge is -2.09. The van der Waals surface area contributed by atoms with E-state index in [1.807, 2.05) is 6.07 Å². The smallest absolute Gasteiger partial charge is 0.261 e. The number of fused-ring (bicyclic) bond motifs is 1. The first-order valence-electron chi connectivity index (χ1n) is 6.93. The number of carbonyl (C=O) groups excluding carboxylic acids is 1. The molecule has 1 aliphatic rings. The van der Waals surface area contributed by atoms with Gasteiger partial charge in [0.25, 0.3) is 5.91 Å². The Kier molecular flexibility index (Phi) is 3.98. The van der Waals surface area contributed by atoms with E-state index in [4.69, 9.17) is 0 Å². The number of hydrogen-bond donors (Lipinski definition) is 2. The molecule has 2 heterocycles. The molecule has 2 N–H and O–H groups in total. The molecular formula is C15H17FN2OS. The summed E-state index contributed by atoms with van der Waals surface area (Å²) in [6.45, 7) is 1.76. The fraction of sp³-hybridized carbons (Fsp3) is 0.400. The van der Waals surface area contributed by atoms with Crippen LogP contribution in [0.5, 0.6) is 0 Å². The maximum Gasteiger partial charge on any atom is 0.261 e. The molecule has 1 amide bonds. The van der Waals surface area contributed by atoms with Crippen molar-refractivity contribution >= 4 is 27.3 Å². The zero-order chi connectivity index (χ0) is 13.9. The van der Waals surface area contributed by atoms with Crippen molar-refractivity contribution in [1.82, 2.24) is 10.6 Å². The highest BCUT2D eigenvalue weighted by atomic mass is 32.1. The van der Waals surface area contributed by atoms with Crippen molar-refractivity contribution in [3.63, 3.8) is 0 Å². The Balaban J connectivity index is 1.60. The average Bonchev–Trinajstić information content (AvgIpc) is 3.06. The number of rotatable bonds is 4. The van der Waals surface area contributed by atoms with Crippen molar-refractivity contribution in [2.24, 2.45) is 0 Å². The lowest BCUT2D eigenvalue weighted by molar-refractivity contribution is 0.0956. The Morgan fingerprint density at radius 2 is 2.35 bits per heavy atom. The zero-order valence-electron chi connectivity index (χ0n) is 11.1. The SMILES string of the molecule is O=C(NCC[C@H]1CCCN1)c1cc2ccc(F)cc2s1. The summed E-state index contributed by atoms with van der Waals surface area (Å²) in [5.74, 6) is -0.330. The Bertz CT molecular complexity index is 619. The Hall–Kier alpha value is -1.46. The minimum Gasteiger partial charge on any atom is -0.351 e. The van der Waals surface area contributed by atoms with Gasteiger partial charge in [-0.3, -0.25) is 4.79 Å². The summed E-state index contributed by atoms with van der Waals surface area (Å²) in [7, 11) is 0. The van der Waals surface area contributed by atoms with Crippen LogP contribution in [0, 0.1) is 5.82 Å². The van der Waals surface area contributed by atoms with Gasteiger partial charge in [0.2, 0.25) is 0 Å². The van der Waals surface area contributed by atoms with E-state index in [0.717, 1.165) is 23.1 Å². The van der Waals surface area contributed by atoms with Crippen LogP contribution in [0.2, 0.25) is 0 Å². The van der Waals surface area contributed by atoms with Gasteiger partial charge in [-0.15, -0.1) is 11.3 Å². The van der Waals surface area contributed by atoms with Crippen LogP contribution in [0.25, 0.3) is 10.1 Å². The third kappa shape index (κ3) is 2.99. The first kappa shape index (κ1) is 13.5. The molecule has 20 heavy (non-hydrogen) atoms. The van der Waals surface area contributed by atoms with E-state index in [2.05, 4.69) is 10.6 Å². The molecule has 0 spiro atoms. The average molecular weight is 292 g/mol. The second kappa shape index (κ2) is 5.89. The minimum atomic E-state index is -0.265. The van der Waals surface area contributed by atoms with Crippen molar-refractivity contribution < 1.29 is 9.18 Å². The molecule has 1 aromatic carbocycles. The lowest BCUT2D eigenvalue weighted by atomic mass is 10.1. The number of thiophene rings is 1. The van der Waals surface area contributed by atoms with E-state index in [1.54, 1.807) is 6.07 Å². The lowest BCUT2D eigenvalue weighted by Crippen LogP contribution is -2.30. The summed E-state index contributed by atoms with van der Waals surface area (Å²) >= 11 is 1.33. The number of benzene rings is 1. The summed E-state index contributed by atoms with van der Waals surface area (Å²) in [6.07, 6.45) is 3.38. The fourth-order valence-electron chi connectivity index (χ4n) is 2.57. The quantitative estimate of drug-likeness (QED) is 0.909. The molecule has 3 rings (SSSR count). The van der Waals surface area contributed by atoms with Crippen LogP contribution in [0.4, 0.5) is 4.39 Å². The van der Waals surface area contributed by atoms with Gasteiger partial charge in [0.05, 0.1) is 4.88 Å². The highest BCUT2D eigenvalue weighted by molar-refractivity contribution is 7.20. The first-order chi connectivity index (χ1) is 9.72. The summed E-state index contributed by atoms with van der Waals surface area (Å²) in [4.78, 5) is 12.7. The number of amides is 1. The molecule has 0 aliphatic carbocycles. The summed E-state index contributed by atoms with van der Waals surface area (Å²) < 4.78 is 13.9.